The predicted octanol–water partition coefficient (Wildman–Crippen LogP) is 4.34. The first-order valence-corrected chi connectivity index (χ1v) is 8.21. The molecule has 0 aliphatic carbocycles. The molecule has 2 heterocycles. The average molecular weight is 276 g/mol. The predicted molar refractivity (Wildman–Crippen MR) is 75.8 cm³/mol. The van der Waals surface area contributed by atoms with Gasteiger partial charge in [0, 0.05) is 10.1 Å². The Morgan fingerprint density at radius 1 is 1.62 bits per heavy atom. The second kappa shape index (κ2) is 6.29. The highest BCUT2D eigenvalue weighted by Crippen LogP contribution is 2.40. The van der Waals surface area contributed by atoms with E-state index in [0.29, 0.717) is 11.3 Å². The monoisotopic (exact) mass is 275 g/mol. The van der Waals surface area contributed by atoms with Crippen molar-refractivity contribution in [3.63, 3.8) is 0 Å². The average Bonchev–Trinajstić information content (AvgIpc) is 2.91. The molecule has 1 aliphatic rings. The molecule has 1 N–H and O–H groups in total. The van der Waals surface area contributed by atoms with Crippen molar-refractivity contribution in [3.05, 3.63) is 21.3 Å². The van der Waals surface area contributed by atoms with Gasteiger partial charge in [0.15, 0.2) is 0 Å². The van der Waals surface area contributed by atoms with Crippen LogP contribution in [0.5, 0.6) is 0 Å². The van der Waals surface area contributed by atoms with Gasteiger partial charge in [-0.2, -0.15) is 11.8 Å². The van der Waals surface area contributed by atoms with E-state index in [0.717, 1.165) is 11.6 Å². The molecule has 16 heavy (non-hydrogen) atoms. The SMILES string of the molecule is CCCNC(c1sccc1Cl)C1CCCS1. The first-order valence-electron chi connectivity index (χ1n) is 5.90. The quantitative estimate of drug-likeness (QED) is 0.858. The molecule has 4 heteroatoms. The molecule has 0 radical (unpaired) electrons. The Balaban J connectivity index is 2.10. The third-order valence-electron chi connectivity index (χ3n) is 2.88. The maximum absolute atomic E-state index is 6.25. The molecule has 1 aliphatic heterocycles. The number of thiophene rings is 1. The minimum absolute atomic E-state index is 0.458. The van der Waals surface area contributed by atoms with Crippen molar-refractivity contribution < 1.29 is 0 Å². The van der Waals surface area contributed by atoms with Crippen molar-refractivity contribution in [3.8, 4) is 0 Å². The fraction of sp³-hybridized carbons (Fsp3) is 0.667. The fourth-order valence-electron chi connectivity index (χ4n) is 2.09. The molecule has 0 spiro atoms. The summed E-state index contributed by atoms with van der Waals surface area (Å²) in [6, 6.07) is 2.47. The summed E-state index contributed by atoms with van der Waals surface area (Å²) in [5.74, 6) is 1.30. The van der Waals surface area contributed by atoms with Gasteiger partial charge in [0.1, 0.15) is 0 Å². The largest absolute Gasteiger partial charge is 0.308 e. The van der Waals surface area contributed by atoms with Crippen LogP contribution < -0.4 is 5.32 Å². The van der Waals surface area contributed by atoms with E-state index in [1.807, 2.05) is 6.07 Å². The molecular weight excluding hydrogens is 258 g/mol. The Kier molecular flexibility index (Phi) is 5.01. The first kappa shape index (κ1) is 12.7. The van der Waals surface area contributed by atoms with E-state index in [9.17, 15) is 0 Å². The molecule has 1 saturated heterocycles. The molecule has 0 saturated carbocycles. The van der Waals surface area contributed by atoms with Crippen LogP contribution in [0.1, 0.15) is 37.1 Å². The molecule has 0 amide bonds. The molecule has 2 atom stereocenters. The maximum Gasteiger partial charge on any atom is 0.0561 e. The second-order valence-corrected chi connectivity index (χ2v) is 6.82. The van der Waals surface area contributed by atoms with Crippen LogP contribution in [0.15, 0.2) is 11.4 Å². The first-order chi connectivity index (χ1) is 7.83. The highest BCUT2D eigenvalue weighted by atomic mass is 35.5. The summed E-state index contributed by atoms with van der Waals surface area (Å²) < 4.78 is 0. The van der Waals surface area contributed by atoms with Crippen LogP contribution in [0.4, 0.5) is 0 Å². The normalized spacial score (nSPS) is 22.5. The number of thioether (sulfide) groups is 1. The van der Waals surface area contributed by atoms with Gasteiger partial charge in [0.25, 0.3) is 0 Å². The third-order valence-corrected chi connectivity index (χ3v) is 5.78. The summed E-state index contributed by atoms with van der Waals surface area (Å²) >= 11 is 10.1. The Labute approximate surface area is 111 Å². The number of hydrogen-bond donors (Lipinski definition) is 1. The number of hydrogen-bond acceptors (Lipinski definition) is 3. The van der Waals surface area contributed by atoms with E-state index in [2.05, 4.69) is 29.4 Å². The lowest BCUT2D eigenvalue weighted by atomic mass is 10.1. The van der Waals surface area contributed by atoms with Crippen LogP contribution >= 0.6 is 34.7 Å². The molecule has 1 nitrogen and oxygen atoms in total. The molecule has 0 aromatic carbocycles. The zero-order valence-corrected chi connectivity index (χ0v) is 11.9. The molecule has 1 aromatic rings. The van der Waals surface area contributed by atoms with Gasteiger partial charge in [-0.15, -0.1) is 11.3 Å². The van der Waals surface area contributed by atoms with Crippen molar-refractivity contribution in [1.29, 1.82) is 0 Å². The lowest BCUT2D eigenvalue weighted by Crippen LogP contribution is -2.29. The zero-order valence-electron chi connectivity index (χ0n) is 9.54. The number of halogens is 1. The van der Waals surface area contributed by atoms with E-state index in [1.165, 1.54) is 29.9 Å². The van der Waals surface area contributed by atoms with Gasteiger partial charge in [-0.05, 0) is 43.0 Å². The van der Waals surface area contributed by atoms with Gasteiger partial charge in [-0.25, -0.2) is 0 Å². The van der Waals surface area contributed by atoms with E-state index in [1.54, 1.807) is 11.3 Å². The Morgan fingerprint density at radius 2 is 2.50 bits per heavy atom. The van der Waals surface area contributed by atoms with Crippen LogP contribution in [-0.2, 0) is 0 Å². The van der Waals surface area contributed by atoms with E-state index in [4.69, 9.17) is 11.6 Å². The lowest BCUT2D eigenvalue weighted by molar-refractivity contribution is 0.510. The van der Waals surface area contributed by atoms with Crippen molar-refractivity contribution >= 4 is 34.7 Å². The van der Waals surface area contributed by atoms with E-state index < -0.39 is 0 Å². The highest BCUT2D eigenvalue weighted by molar-refractivity contribution is 8.00. The summed E-state index contributed by atoms with van der Waals surface area (Å²) in [6.45, 7) is 3.29. The van der Waals surface area contributed by atoms with Crippen LogP contribution in [-0.4, -0.2) is 17.5 Å². The molecule has 1 fully saturated rings. The van der Waals surface area contributed by atoms with Gasteiger partial charge in [0.05, 0.1) is 11.1 Å². The maximum atomic E-state index is 6.25. The van der Waals surface area contributed by atoms with Crippen molar-refractivity contribution in [2.24, 2.45) is 0 Å². The summed E-state index contributed by atoms with van der Waals surface area (Å²) in [5, 5.41) is 7.40. The van der Waals surface area contributed by atoms with Crippen LogP contribution in [0.2, 0.25) is 5.02 Å². The summed E-state index contributed by atoms with van der Waals surface area (Å²) in [6.07, 6.45) is 3.85. The highest BCUT2D eigenvalue weighted by Gasteiger charge is 2.28. The van der Waals surface area contributed by atoms with Gasteiger partial charge in [-0.1, -0.05) is 18.5 Å². The van der Waals surface area contributed by atoms with Crippen molar-refractivity contribution in [1.82, 2.24) is 5.32 Å². The Bertz CT molecular complexity index is 321. The van der Waals surface area contributed by atoms with Crippen molar-refractivity contribution in [2.75, 3.05) is 12.3 Å². The number of nitrogens with one attached hydrogen (secondary N) is 1. The molecule has 1 aromatic heterocycles. The van der Waals surface area contributed by atoms with Crippen molar-refractivity contribution in [2.45, 2.75) is 37.5 Å². The molecule has 2 rings (SSSR count). The Morgan fingerprint density at radius 3 is 3.06 bits per heavy atom. The van der Waals surface area contributed by atoms with E-state index in [-0.39, 0.29) is 0 Å². The van der Waals surface area contributed by atoms with Crippen LogP contribution in [0.3, 0.4) is 0 Å². The molecule has 2 unspecified atom stereocenters. The smallest absolute Gasteiger partial charge is 0.0561 e. The molecule has 90 valence electrons. The van der Waals surface area contributed by atoms with Gasteiger partial charge >= 0.3 is 0 Å². The minimum atomic E-state index is 0.458. The summed E-state index contributed by atoms with van der Waals surface area (Å²) in [5.41, 5.74) is 0. The Hall–Kier alpha value is 0.300. The molecular formula is C12H18ClNS2. The van der Waals surface area contributed by atoms with Gasteiger partial charge in [0.2, 0.25) is 0 Å². The molecule has 0 bridgehead atoms. The fourth-order valence-corrected chi connectivity index (χ4v) is 4.88. The summed E-state index contributed by atoms with van der Waals surface area (Å²) in [7, 11) is 0. The zero-order chi connectivity index (χ0) is 11.4. The third kappa shape index (κ3) is 2.95. The second-order valence-electron chi connectivity index (χ2n) is 4.12. The van der Waals surface area contributed by atoms with Gasteiger partial charge in [-0.3, -0.25) is 0 Å². The van der Waals surface area contributed by atoms with Gasteiger partial charge < -0.3 is 5.32 Å². The topological polar surface area (TPSA) is 12.0 Å². The van der Waals surface area contributed by atoms with Crippen LogP contribution in [0, 0.1) is 0 Å². The van der Waals surface area contributed by atoms with Crippen LogP contribution in [0.25, 0.3) is 0 Å². The van der Waals surface area contributed by atoms with E-state index >= 15 is 0 Å². The lowest BCUT2D eigenvalue weighted by Gasteiger charge is -2.23. The summed E-state index contributed by atoms with van der Waals surface area (Å²) in [4.78, 5) is 1.33. The number of rotatable bonds is 5. The standard InChI is InChI=1S/C12H18ClNS2/c1-2-6-14-11(10-4-3-7-15-10)12-9(13)5-8-16-12/h5,8,10-11,14H,2-4,6-7H2,1H3. The minimum Gasteiger partial charge on any atom is -0.308 e.